The van der Waals surface area contributed by atoms with Gasteiger partial charge in [-0.3, -0.25) is 14.4 Å². The van der Waals surface area contributed by atoms with Gasteiger partial charge < -0.3 is 19.5 Å². The number of amides is 2. The number of morpholine rings is 1. The molecule has 1 aromatic heterocycles. The van der Waals surface area contributed by atoms with Crippen molar-refractivity contribution >= 4 is 27.4 Å². The fourth-order valence-corrected chi connectivity index (χ4v) is 4.39. The van der Waals surface area contributed by atoms with Gasteiger partial charge >= 0.3 is 0 Å². The number of aromatic nitrogens is 2. The Morgan fingerprint density at radius 2 is 1.82 bits per heavy atom. The van der Waals surface area contributed by atoms with Crippen molar-refractivity contribution in [2.24, 2.45) is 5.92 Å². The van der Waals surface area contributed by atoms with Crippen LogP contribution in [0.3, 0.4) is 0 Å². The van der Waals surface area contributed by atoms with E-state index in [0.29, 0.717) is 38.5 Å². The Kier molecular flexibility index (Phi) is 9.96. The first kappa shape index (κ1) is 26.9. The molecule has 1 aromatic rings. The summed E-state index contributed by atoms with van der Waals surface area (Å²) in [5, 5.41) is 5.77. The zero-order valence-corrected chi connectivity index (χ0v) is 20.5. The first-order valence-electron chi connectivity index (χ1n) is 11.3. The van der Waals surface area contributed by atoms with Crippen LogP contribution in [0.1, 0.15) is 63.5 Å². The second-order valence-electron chi connectivity index (χ2n) is 8.30. The number of Topliss-reactive ketones (excluding diaryl/α,β-unsaturated/α-hetero) is 1. The molecule has 186 valence electrons. The predicted octanol–water partition coefficient (Wildman–Crippen LogP) is 0.788. The van der Waals surface area contributed by atoms with Crippen molar-refractivity contribution in [3.63, 3.8) is 0 Å². The second kappa shape index (κ2) is 12.2. The Balaban J connectivity index is 2.13. The third kappa shape index (κ3) is 7.60. The van der Waals surface area contributed by atoms with Gasteiger partial charge in [-0.05, 0) is 26.7 Å². The van der Waals surface area contributed by atoms with Gasteiger partial charge in [-0.15, -0.1) is 0 Å². The Hall–Kier alpha value is -2.34. The van der Waals surface area contributed by atoms with E-state index in [2.05, 4.69) is 15.5 Å². The summed E-state index contributed by atoms with van der Waals surface area (Å²) in [6, 6.07) is -0.926. The molecule has 11 nitrogen and oxygen atoms in total. The van der Waals surface area contributed by atoms with Crippen LogP contribution in [0.25, 0.3) is 0 Å². The molecule has 1 aliphatic rings. The number of hydrogen-bond donors (Lipinski definition) is 1. The number of ketones is 1. The summed E-state index contributed by atoms with van der Waals surface area (Å²) in [7, 11) is -3.41. The Labute approximate surface area is 194 Å². The van der Waals surface area contributed by atoms with Gasteiger partial charge in [-0.1, -0.05) is 19.0 Å². The highest BCUT2D eigenvalue weighted by atomic mass is 32.2. The summed E-state index contributed by atoms with van der Waals surface area (Å²) in [4.78, 5) is 44.2. The third-order valence-electron chi connectivity index (χ3n) is 5.66. The molecular weight excluding hydrogens is 452 g/mol. The number of aryl methyl sites for hydroxylation is 1. The first-order valence-corrected chi connectivity index (χ1v) is 13.0. The Morgan fingerprint density at radius 3 is 2.36 bits per heavy atom. The number of carbonyl (C=O) groups is 3. The lowest BCUT2D eigenvalue weighted by Crippen LogP contribution is -2.46. The van der Waals surface area contributed by atoms with Crippen LogP contribution in [-0.4, -0.2) is 84.4 Å². The summed E-state index contributed by atoms with van der Waals surface area (Å²) >= 11 is 0. The van der Waals surface area contributed by atoms with Crippen LogP contribution in [0.4, 0.5) is 0 Å². The van der Waals surface area contributed by atoms with Gasteiger partial charge in [0.2, 0.25) is 17.6 Å². The van der Waals surface area contributed by atoms with Crippen LogP contribution >= 0.6 is 0 Å². The molecule has 0 saturated carbocycles. The van der Waals surface area contributed by atoms with Crippen LogP contribution in [-0.2, 0) is 30.6 Å². The molecule has 1 saturated heterocycles. The van der Waals surface area contributed by atoms with Crippen molar-refractivity contribution < 1.29 is 32.1 Å². The van der Waals surface area contributed by atoms with E-state index in [1.54, 1.807) is 25.7 Å². The maximum absolute atomic E-state index is 13.1. The number of hydrogen-bond acceptors (Lipinski definition) is 9. The number of rotatable bonds is 12. The minimum Gasteiger partial charge on any atom is -0.378 e. The number of sulfone groups is 1. The summed E-state index contributed by atoms with van der Waals surface area (Å²) in [5.74, 6) is -2.26. The van der Waals surface area contributed by atoms with Gasteiger partial charge in [0.25, 0.3) is 5.89 Å². The fourth-order valence-electron chi connectivity index (χ4n) is 3.31. The quantitative estimate of drug-likeness (QED) is 0.423. The van der Waals surface area contributed by atoms with E-state index in [1.807, 2.05) is 6.92 Å². The number of ether oxygens (including phenoxy) is 1. The summed E-state index contributed by atoms with van der Waals surface area (Å²) in [6.07, 6.45) is 0.594. The van der Waals surface area contributed by atoms with E-state index in [4.69, 9.17) is 9.26 Å². The highest BCUT2D eigenvalue weighted by Crippen LogP contribution is 2.17. The van der Waals surface area contributed by atoms with E-state index in [1.165, 1.54) is 0 Å². The largest absolute Gasteiger partial charge is 0.378 e. The van der Waals surface area contributed by atoms with Crippen molar-refractivity contribution in [2.75, 3.05) is 32.1 Å². The third-order valence-corrected chi connectivity index (χ3v) is 7.90. The molecule has 0 spiro atoms. The van der Waals surface area contributed by atoms with Crippen molar-refractivity contribution in [2.45, 2.75) is 64.7 Å². The highest BCUT2D eigenvalue weighted by molar-refractivity contribution is 7.91. The minimum absolute atomic E-state index is 0.0202. The maximum Gasteiger partial charge on any atom is 0.296 e. The number of carbonyl (C=O) groups excluding carboxylic acids is 3. The van der Waals surface area contributed by atoms with E-state index >= 15 is 0 Å². The highest BCUT2D eigenvalue weighted by Gasteiger charge is 2.32. The molecule has 33 heavy (non-hydrogen) atoms. The molecule has 1 fully saturated rings. The van der Waals surface area contributed by atoms with Crippen LogP contribution in [0, 0.1) is 5.92 Å². The monoisotopic (exact) mass is 486 g/mol. The lowest BCUT2D eigenvalue weighted by molar-refractivity contribution is -0.139. The summed E-state index contributed by atoms with van der Waals surface area (Å²) < 4.78 is 34.9. The average molecular weight is 487 g/mol. The van der Waals surface area contributed by atoms with Gasteiger partial charge in [0, 0.05) is 31.8 Å². The van der Waals surface area contributed by atoms with Crippen molar-refractivity contribution in [1.29, 1.82) is 0 Å². The predicted molar refractivity (Wildman–Crippen MR) is 119 cm³/mol. The van der Waals surface area contributed by atoms with E-state index in [0.717, 1.165) is 0 Å². The zero-order chi connectivity index (χ0) is 24.6. The summed E-state index contributed by atoms with van der Waals surface area (Å²) in [6.45, 7) is 8.36. The van der Waals surface area contributed by atoms with Crippen LogP contribution in [0.15, 0.2) is 4.52 Å². The Bertz CT molecular complexity index is 923. The van der Waals surface area contributed by atoms with Crippen LogP contribution in [0.5, 0.6) is 0 Å². The molecular formula is C21H34N4O7S. The molecule has 1 unspecified atom stereocenters. The number of nitrogens with zero attached hydrogens (tertiary/aromatic N) is 3. The SMILES string of the molecule is CCc1noc(C(=O)[C@H](CC)NC(=O)C(CCS(=O)(=O)C(C)C)CC(=O)N2CCOCC2)n1. The van der Waals surface area contributed by atoms with Crippen LogP contribution < -0.4 is 5.32 Å². The molecule has 2 heterocycles. The first-order chi connectivity index (χ1) is 15.6. The molecule has 0 aromatic carbocycles. The molecule has 0 bridgehead atoms. The van der Waals surface area contributed by atoms with Gasteiger partial charge in [-0.2, -0.15) is 4.98 Å². The van der Waals surface area contributed by atoms with Gasteiger partial charge in [-0.25, -0.2) is 8.42 Å². The molecule has 2 rings (SSSR count). The minimum atomic E-state index is -3.41. The Morgan fingerprint density at radius 1 is 1.15 bits per heavy atom. The average Bonchev–Trinajstić information content (AvgIpc) is 3.29. The van der Waals surface area contributed by atoms with E-state index in [9.17, 15) is 22.8 Å². The van der Waals surface area contributed by atoms with Gasteiger partial charge in [0.05, 0.1) is 30.3 Å². The van der Waals surface area contributed by atoms with Crippen molar-refractivity contribution in [1.82, 2.24) is 20.4 Å². The second-order valence-corrected chi connectivity index (χ2v) is 11.0. The maximum atomic E-state index is 13.1. The van der Waals surface area contributed by atoms with Gasteiger partial charge in [0.1, 0.15) is 0 Å². The molecule has 0 radical (unpaired) electrons. The van der Waals surface area contributed by atoms with Crippen LogP contribution in [0.2, 0.25) is 0 Å². The molecule has 1 N–H and O–H groups in total. The zero-order valence-electron chi connectivity index (χ0n) is 19.7. The molecule has 1 aliphatic heterocycles. The van der Waals surface area contributed by atoms with E-state index < -0.39 is 38.7 Å². The standard InChI is InChI=1S/C21H34N4O7S/c1-5-16(19(27)21-23-17(6-2)24-32-21)22-20(28)15(7-12-33(29,30)14(3)4)13-18(26)25-8-10-31-11-9-25/h14-16H,5-13H2,1-4H3,(H,22,28)/t15?,16-/m0/s1. The normalized spacial score (nSPS) is 16.5. The molecule has 12 heteroatoms. The lowest BCUT2D eigenvalue weighted by Gasteiger charge is -2.28. The molecule has 2 atom stereocenters. The van der Waals surface area contributed by atoms with Crippen molar-refractivity contribution in [3.05, 3.63) is 11.7 Å². The topological polar surface area (TPSA) is 149 Å². The van der Waals surface area contributed by atoms with Gasteiger partial charge in [0.15, 0.2) is 15.7 Å². The van der Waals surface area contributed by atoms with E-state index in [-0.39, 0.29) is 36.8 Å². The number of nitrogens with one attached hydrogen (secondary N) is 1. The summed E-state index contributed by atoms with van der Waals surface area (Å²) in [5.41, 5.74) is 0. The van der Waals surface area contributed by atoms with Crippen molar-refractivity contribution in [3.8, 4) is 0 Å². The molecule has 2 amide bonds. The molecule has 0 aliphatic carbocycles. The lowest BCUT2D eigenvalue weighted by atomic mass is 9.98. The fraction of sp³-hybridized carbons (Fsp3) is 0.762. The smallest absolute Gasteiger partial charge is 0.296 e.